The van der Waals surface area contributed by atoms with Gasteiger partial charge in [0.1, 0.15) is 10.7 Å². The van der Waals surface area contributed by atoms with Crippen LogP contribution in [0, 0.1) is 13.8 Å². The molecule has 0 amide bonds. The van der Waals surface area contributed by atoms with Crippen LogP contribution < -0.4 is 10.0 Å². The van der Waals surface area contributed by atoms with Gasteiger partial charge in [0.15, 0.2) is 0 Å². The molecule has 2 heterocycles. The summed E-state index contributed by atoms with van der Waals surface area (Å²) in [5.41, 5.74) is 0.769. The maximum Gasteiger partial charge on any atom is 0.264 e. The Balaban J connectivity index is 2.25. The molecule has 7 heteroatoms. The largest absolute Gasteiger partial charge is 0.312 e. The van der Waals surface area contributed by atoms with Gasteiger partial charge in [-0.1, -0.05) is 13.0 Å². The number of thiophene rings is 1. The molecule has 5 nitrogen and oxygen atoms in total. The summed E-state index contributed by atoms with van der Waals surface area (Å²) in [6.45, 7) is 7.19. The summed E-state index contributed by atoms with van der Waals surface area (Å²) in [6.07, 6.45) is 0. The van der Waals surface area contributed by atoms with Crippen molar-refractivity contribution in [3.63, 3.8) is 0 Å². The minimum absolute atomic E-state index is 0.323. The molecule has 2 rings (SSSR count). The monoisotopic (exact) mass is 325 g/mol. The molecule has 0 atom stereocenters. The van der Waals surface area contributed by atoms with Crippen LogP contribution in [0.4, 0.5) is 5.82 Å². The zero-order valence-corrected chi connectivity index (χ0v) is 13.9. The van der Waals surface area contributed by atoms with E-state index in [2.05, 4.69) is 15.0 Å². The molecule has 0 saturated carbocycles. The summed E-state index contributed by atoms with van der Waals surface area (Å²) in [4.78, 5) is 6.28. The smallest absolute Gasteiger partial charge is 0.264 e. The second-order valence-electron chi connectivity index (χ2n) is 4.68. The van der Waals surface area contributed by atoms with Gasteiger partial charge in [0.25, 0.3) is 10.0 Å². The Morgan fingerprint density at radius 3 is 2.71 bits per heavy atom. The van der Waals surface area contributed by atoms with Crippen LogP contribution in [-0.2, 0) is 16.6 Å². The summed E-state index contributed by atoms with van der Waals surface area (Å²) in [6, 6.07) is 6.96. The zero-order valence-electron chi connectivity index (χ0n) is 12.3. The summed E-state index contributed by atoms with van der Waals surface area (Å²) in [7, 11) is -3.59. The highest BCUT2D eigenvalue weighted by molar-refractivity contribution is 7.93. The van der Waals surface area contributed by atoms with E-state index in [1.807, 2.05) is 26.8 Å². The fourth-order valence-corrected chi connectivity index (χ4v) is 4.53. The van der Waals surface area contributed by atoms with Gasteiger partial charge in [-0.3, -0.25) is 4.72 Å². The maximum atomic E-state index is 12.5. The predicted octanol–water partition coefficient (Wildman–Crippen LogP) is 2.67. The van der Waals surface area contributed by atoms with Crippen LogP contribution in [0.3, 0.4) is 0 Å². The Kier molecular flexibility index (Phi) is 4.97. The lowest BCUT2D eigenvalue weighted by molar-refractivity contribution is 0.601. The predicted molar refractivity (Wildman–Crippen MR) is 86.2 cm³/mol. The van der Waals surface area contributed by atoms with Gasteiger partial charge in [-0.05, 0) is 38.6 Å². The molecule has 0 fully saturated rings. The van der Waals surface area contributed by atoms with Crippen molar-refractivity contribution in [3.8, 4) is 0 Å². The molecule has 2 aromatic heterocycles. The Hall–Kier alpha value is -1.44. The minimum atomic E-state index is -3.59. The van der Waals surface area contributed by atoms with E-state index >= 15 is 0 Å². The molecule has 2 aromatic rings. The first-order chi connectivity index (χ1) is 9.92. The molecule has 0 radical (unpaired) electrons. The van der Waals surface area contributed by atoms with Gasteiger partial charge in [0, 0.05) is 22.0 Å². The number of hydrogen-bond acceptors (Lipinski definition) is 5. The van der Waals surface area contributed by atoms with Crippen LogP contribution in [0.25, 0.3) is 0 Å². The number of sulfonamides is 1. The van der Waals surface area contributed by atoms with E-state index in [1.54, 1.807) is 18.2 Å². The third-order valence-corrected chi connectivity index (χ3v) is 5.55. The van der Waals surface area contributed by atoms with E-state index in [4.69, 9.17) is 0 Å². The van der Waals surface area contributed by atoms with E-state index < -0.39 is 10.0 Å². The molecule has 0 aromatic carbocycles. The fraction of sp³-hybridized carbons (Fsp3) is 0.357. The average molecular weight is 325 g/mol. The fourth-order valence-electron chi connectivity index (χ4n) is 1.92. The molecule has 0 unspecified atom stereocenters. The third-order valence-electron chi connectivity index (χ3n) is 2.89. The first kappa shape index (κ1) is 15.9. The molecular weight excluding hydrogens is 306 g/mol. The lowest BCUT2D eigenvalue weighted by Gasteiger charge is -2.07. The highest BCUT2D eigenvalue weighted by Crippen LogP contribution is 2.27. The van der Waals surface area contributed by atoms with E-state index in [1.165, 1.54) is 11.3 Å². The number of anilines is 1. The highest BCUT2D eigenvalue weighted by atomic mass is 32.2. The molecule has 21 heavy (non-hydrogen) atoms. The topological polar surface area (TPSA) is 71.1 Å². The first-order valence-corrected chi connectivity index (χ1v) is 8.99. The van der Waals surface area contributed by atoms with Crippen molar-refractivity contribution >= 4 is 27.2 Å². The van der Waals surface area contributed by atoms with Gasteiger partial charge in [-0.2, -0.15) is 0 Å². The Morgan fingerprint density at radius 2 is 2.05 bits per heavy atom. The number of aromatic nitrogens is 1. The second kappa shape index (κ2) is 6.55. The third kappa shape index (κ3) is 4.03. The number of pyridine rings is 1. The summed E-state index contributed by atoms with van der Waals surface area (Å²) in [5.74, 6) is 0.342. The summed E-state index contributed by atoms with van der Waals surface area (Å²) >= 11 is 1.49. The van der Waals surface area contributed by atoms with Crippen LogP contribution in [0.1, 0.15) is 22.4 Å². The lowest BCUT2D eigenvalue weighted by atomic mass is 10.4. The van der Waals surface area contributed by atoms with Crippen molar-refractivity contribution in [2.24, 2.45) is 0 Å². The van der Waals surface area contributed by atoms with Gasteiger partial charge in [-0.15, -0.1) is 11.3 Å². The van der Waals surface area contributed by atoms with E-state index in [0.717, 1.165) is 22.0 Å². The summed E-state index contributed by atoms with van der Waals surface area (Å²) < 4.78 is 27.4. The standard InChI is InChI=1S/C14H19N3O2S2/c1-4-15-9-12-8-13(11(3)20-12)21(18,19)17-14-7-5-6-10(2)16-14/h5-8,15H,4,9H2,1-3H3,(H,16,17). The molecule has 0 saturated heterocycles. The Labute approximate surface area is 129 Å². The minimum Gasteiger partial charge on any atom is -0.312 e. The van der Waals surface area contributed by atoms with Crippen molar-refractivity contribution in [1.82, 2.24) is 10.3 Å². The highest BCUT2D eigenvalue weighted by Gasteiger charge is 2.20. The molecule has 0 aliphatic heterocycles. The van der Waals surface area contributed by atoms with Crippen LogP contribution in [-0.4, -0.2) is 19.9 Å². The van der Waals surface area contributed by atoms with Gasteiger partial charge in [-0.25, -0.2) is 13.4 Å². The van der Waals surface area contributed by atoms with Gasteiger partial charge in [0.05, 0.1) is 0 Å². The Bertz CT molecular complexity index is 724. The van der Waals surface area contributed by atoms with E-state index in [0.29, 0.717) is 17.3 Å². The summed E-state index contributed by atoms with van der Waals surface area (Å²) in [5, 5.41) is 3.20. The van der Waals surface area contributed by atoms with Crippen molar-refractivity contribution in [2.45, 2.75) is 32.2 Å². The zero-order chi connectivity index (χ0) is 15.5. The van der Waals surface area contributed by atoms with E-state index in [-0.39, 0.29) is 0 Å². The lowest BCUT2D eigenvalue weighted by Crippen LogP contribution is -2.14. The van der Waals surface area contributed by atoms with Crippen molar-refractivity contribution < 1.29 is 8.42 Å². The first-order valence-electron chi connectivity index (χ1n) is 6.69. The number of nitrogens with one attached hydrogen (secondary N) is 2. The molecule has 0 aliphatic carbocycles. The van der Waals surface area contributed by atoms with Gasteiger partial charge < -0.3 is 5.32 Å². The van der Waals surface area contributed by atoms with Gasteiger partial charge >= 0.3 is 0 Å². The number of rotatable bonds is 6. The van der Waals surface area contributed by atoms with Crippen molar-refractivity contribution in [2.75, 3.05) is 11.3 Å². The van der Waals surface area contributed by atoms with Gasteiger partial charge in [0.2, 0.25) is 0 Å². The molecule has 0 bridgehead atoms. The van der Waals surface area contributed by atoms with Crippen LogP contribution >= 0.6 is 11.3 Å². The molecule has 114 valence electrons. The maximum absolute atomic E-state index is 12.5. The van der Waals surface area contributed by atoms with Crippen LogP contribution in [0.15, 0.2) is 29.2 Å². The SMILES string of the molecule is CCNCc1cc(S(=O)(=O)Nc2cccc(C)n2)c(C)s1. The second-order valence-corrected chi connectivity index (χ2v) is 7.67. The average Bonchev–Trinajstić information content (AvgIpc) is 2.78. The van der Waals surface area contributed by atoms with Crippen molar-refractivity contribution in [3.05, 3.63) is 39.7 Å². The molecule has 0 aliphatic rings. The van der Waals surface area contributed by atoms with Crippen molar-refractivity contribution in [1.29, 1.82) is 0 Å². The Morgan fingerprint density at radius 1 is 1.29 bits per heavy atom. The number of aryl methyl sites for hydroxylation is 2. The molecule has 0 spiro atoms. The normalized spacial score (nSPS) is 11.6. The van der Waals surface area contributed by atoms with Crippen LogP contribution in [0.5, 0.6) is 0 Å². The number of hydrogen-bond donors (Lipinski definition) is 2. The quantitative estimate of drug-likeness (QED) is 0.856. The molecule has 2 N–H and O–H groups in total. The molecular formula is C14H19N3O2S2. The van der Waals surface area contributed by atoms with E-state index in [9.17, 15) is 8.42 Å². The van der Waals surface area contributed by atoms with Crippen LogP contribution in [0.2, 0.25) is 0 Å². The number of nitrogens with zero attached hydrogens (tertiary/aromatic N) is 1.